The second-order valence-corrected chi connectivity index (χ2v) is 6.78. The fraction of sp³-hybridized carbons (Fsp3) is 0.381. The van der Waals surface area contributed by atoms with Crippen LogP contribution in [-0.2, 0) is 13.1 Å². The zero-order chi connectivity index (χ0) is 18.2. The van der Waals surface area contributed by atoms with Crippen LogP contribution in [0.1, 0.15) is 21.5 Å². The summed E-state index contributed by atoms with van der Waals surface area (Å²) in [5.41, 5.74) is 2.83. The lowest BCUT2D eigenvalue weighted by Crippen LogP contribution is -2.47. The zero-order valence-electron chi connectivity index (χ0n) is 15.1. The fourth-order valence-corrected chi connectivity index (χ4v) is 3.25. The van der Waals surface area contributed by atoms with Gasteiger partial charge in [0.2, 0.25) is 0 Å². The minimum absolute atomic E-state index is 0.335. The molecule has 0 aromatic heterocycles. The average molecular weight is 353 g/mol. The van der Waals surface area contributed by atoms with Crippen molar-refractivity contribution in [2.45, 2.75) is 13.1 Å². The Morgan fingerprint density at radius 1 is 0.885 bits per heavy atom. The van der Waals surface area contributed by atoms with Crippen LogP contribution in [0.5, 0.6) is 0 Å². The molecule has 2 aromatic carbocycles. The molecular weight excluding hydrogens is 326 g/mol. The molecule has 5 heteroatoms. The Kier molecular flexibility index (Phi) is 6.77. The maximum Gasteiger partial charge on any atom is 0.335 e. The fourth-order valence-electron chi connectivity index (χ4n) is 3.25. The predicted molar refractivity (Wildman–Crippen MR) is 103 cm³/mol. The Bertz CT molecular complexity index is 680. The molecule has 0 spiro atoms. The second kappa shape index (κ2) is 9.48. The van der Waals surface area contributed by atoms with Gasteiger partial charge in [0.1, 0.15) is 0 Å². The van der Waals surface area contributed by atoms with E-state index < -0.39 is 5.97 Å². The number of carbonyl (C=O) groups is 1. The number of nitrogens with one attached hydrogen (secondary N) is 1. The number of hydrogen-bond donors (Lipinski definition) is 2. The van der Waals surface area contributed by atoms with Crippen LogP contribution in [0.25, 0.3) is 0 Å². The monoisotopic (exact) mass is 353 g/mol. The van der Waals surface area contributed by atoms with E-state index in [0.29, 0.717) is 5.56 Å². The van der Waals surface area contributed by atoms with E-state index in [1.807, 2.05) is 12.1 Å². The van der Waals surface area contributed by atoms with Gasteiger partial charge in [-0.25, -0.2) is 4.79 Å². The van der Waals surface area contributed by atoms with Gasteiger partial charge in [-0.2, -0.15) is 0 Å². The molecule has 0 aliphatic carbocycles. The normalized spacial score (nSPS) is 15.8. The van der Waals surface area contributed by atoms with Crippen LogP contribution in [0.2, 0.25) is 0 Å². The molecule has 5 nitrogen and oxygen atoms in total. The number of rotatable bonds is 8. The van der Waals surface area contributed by atoms with Crippen molar-refractivity contribution in [1.82, 2.24) is 15.1 Å². The van der Waals surface area contributed by atoms with Crippen molar-refractivity contribution < 1.29 is 9.90 Å². The Hall–Kier alpha value is -2.21. The highest BCUT2D eigenvalue weighted by Gasteiger charge is 2.16. The van der Waals surface area contributed by atoms with E-state index in [1.54, 1.807) is 12.1 Å². The molecule has 1 fully saturated rings. The molecule has 1 aliphatic heterocycles. The molecule has 138 valence electrons. The van der Waals surface area contributed by atoms with E-state index >= 15 is 0 Å². The lowest BCUT2D eigenvalue weighted by atomic mass is 10.1. The lowest BCUT2D eigenvalue weighted by Gasteiger charge is -2.34. The number of nitrogens with zero attached hydrogens (tertiary/aromatic N) is 2. The number of benzene rings is 2. The summed E-state index contributed by atoms with van der Waals surface area (Å²) in [4.78, 5) is 15.9. The van der Waals surface area contributed by atoms with Crippen molar-refractivity contribution in [1.29, 1.82) is 0 Å². The number of aromatic carboxylic acids is 1. The molecule has 0 amide bonds. The zero-order valence-corrected chi connectivity index (χ0v) is 15.1. The molecule has 2 aromatic rings. The molecule has 2 N–H and O–H groups in total. The first-order valence-electron chi connectivity index (χ1n) is 9.22. The van der Waals surface area contributed by atoms with Gasteiger partial charge in [-0.05, 0) is 23.3 Å². The van der Waals surface area contributed by atoms with Gasteiger partial charge in [-0.1, -0.05) is 42.5 Å². The van der Waals surface area contributed by atoms with Crippen molar-refractivity contribution in [2.24, 2.45) is 0 Å². The molecular formula is C21H27N3O2. The second-order valence-electron chi connectivity index (χ2n) is 6.78. The third-order valence-corrected chi connectivity index (χ3v) is 4.85. The highest BCUT2D eigenvalue weighted by Crippen LogP contribution is 2.08. The van der Waals surface area contributed by atoms with Gasteiger partial charge in [-0.15, -0.1) is 0 Å². The van der Waals surface area contributed by atoms with E-state index in [4.69, 9.17) is 5.11 Å². The van der Waals surface area contributed by atoms with Crippen LogP contribution in [0, 0.1) is 0 Å². The molecule has 3 rings (SSSR count). The SMILES string of the molecule is O=C(O)c1ccc(CNCCN2CCN(Cc3ccccc3)CC2)cc1. The first-order chi connectivity index (χ1) is 12.7. The first-order valence-corrected chi connectivity index (χ1v) is 9.22. The minimum atomic E-state index is -0.879. The first kappa shape index (κ1) is 18.6. The largest absolute Gasteiger partial charge is 0.478 e. The standard InChI is InChI=1S/C21H27N3O2/c25-21(26)20-8-6-18(7-9-20)16-22-10-11-23-12-14-24(15-13-23)17-19-4-2-1-3-5-19/h1-9,22H,10-17H2,(H,25,26). The van der Waals surface area contributed by atoms with E-state index in [1.165, 1.54) is 5.56 Å². The van der Waals surface area contributed by atoms with Crippen molar-refractivity contribution in [3.63, 3.8) is 0 Å². The van der Waals surface area contributed by atoms with Crippen LogP contribution in [0.4, 0.5) is 0 Å². The number of hydrogen-bond acceptors (Lipinski definition) is 4. The van der Waals surface area contributed by atoms with Crippen molar-refractivity contribution in [3.8, 4) is 0 Å². The number of carboxylic acid groups (broad SMARTS) is 1. The summed E-state index contributed by atoms with van der Waals surface area (Å²) in [5, 5.41) is 12.4. The molecule has 26 heavy (non-hydrogen) atoms. The van der Waals surface area contributed by atoms with E-state index in [-0.39, 0.29) is 0 Å². The summed E-state index contributed by atoms with van der Waals surface area (Å²) in [5.74, 6) is -0.879. The molecule has 0 unspecified atom stereocenters. The van der Waals surface area contributed by atoms with Crippen molar-refractivity contribution in [2.75, 3.05) is 39.3 Å². The summed E-state index contributed by atoms with van der Waals surface area (Å²) in [7, 11) is 0. The van der Waals surface area contributed by atoms with Gasteiger partial charge in [0, 0.05) is 52.4 Å². The summed E-state index contributed by atoms with van der Waals surface area (Å²) >= 11 is 0. The molecule has 1 saturated heterocycles. The van der Waals surface area contributed by atoms with E-state index in [0.717, 1.165) is 57.9 Å². The Morgan fingerprint density at radius 2 is 1.54 bits per heavy atom. The topological polar surface area (TPSA) is 55.8 Å². The molecule has 0 atom stereocenters. The maximum atomic E-state index is 10.8. The third-order valence-electron chi connectivity index (χ3n) is 4.85. The van der Waals surface area contributed by atoms with Crippen LogP contribution in [0.15, 0.2) is 54.6 Å². The smallest absolute Gasteiger partial charge is 0.335 e. The van der Waals surface area contributed by atoms with Crippen molar-refractivity contribution >= 4 is 5.97 Å². The van der Waals surface area contributed by atoms with Gasteiger partial charge in [0.15, 0.2) is 0 Å². The molecule has 0 radical (unpaired) electrons. The van der Waals surface area contributed by atoms with Gasteiger partial charge in [0.05, 0.1) is 5.56 Å². The summed E-state index contributed by atoms with van der Waals surface area (Å²) < 4.78 is 0. The minimum Gasteiger partial charge on any atom is -0.478 e. The van der Waals surface area contributed by atoms with Crippen LogP contribution >= 0.6 is 0 Å². The quantitative estimate of drug-likeness (QED) is 0.713. The van der Waals surface area contributed by atoms with Crippen LogP contribution < -0.4 is 5.32 Å². The Labute approximate surface area is 155 Å². The third kappa shape index (κ3) is 5.66. The van der Waals surface area contributed by atoms with Crippen LogP contribution in [0.3, 0.4) is 0 Å². The maximum absolute atomic E-state index is 10.8. The Balaban J connectivity index is 1.31. The van der Waals surface area contributed by atoms with E-state index in [9.17, 15) is 4.79 Å². The summed E-state index contributed by atoms with van der Waals surface area (Å²) in [6, 6.07) is 17.7. The van der Waals surface area contributed by atoms with Gasteiger partial charge >= 0.3 is 5.97 Å². The van der Waals surface area contributed by atoms with Gasteiger partial charge in [-0.3, -0.25) is 9.80 Å². The molecule has 0 saturated carbocycles. The number of carboxylic acids is 1. The van der Waals surface area contributed by atoms with Crippen LogP contribution in [-0.4, -0.2) is 60.1 Å². The summed E-state index contributed by atoms with van der Waals surface area (Å²) in [6.45, 7) is 8.26. The highest BCUT2D eigenvalue weighted by atomic mass is 16.4. The summed E-state index contributed by atoms with van der Waals surface area (Å²) in [6.07, 6.45) is 0. The van der Waals surface area contributed by atoms with Gasteiger partial charge < -0.3 is 10.4 Å². The van der Waals surface area contributed by atoms with Gasteiger partial charge in [0.25, 0.3) is 0 Å². The lowest BCUT2D eigenvalue weighted by molar-refractivity contribution is 0.0697. The molecule has 0 bridgehead atoms. The highest BCUT2D eigenvalue weighted by molar-refractivity contribution is 5.87. The molecule has 1 heterocycles. The Morgan fingerprint density at radius 3 is 2.19 bits per heavy atom. The predicted octanol–water partition coefficient (Wildman–Crippen LogP) is 2.29. The average Bonchev–Trinajstić information content (AvgIpc) is 2.68. The van der Waals surface area contributed by atoms with Crippen molar-refractivity contribution in [3.05, 3.63) is 71.3 Å². The number of piperazine rings is 1. The molecule has 1 aliphatic rings. The van der Waals surface area contributed by atoms with E-state index in [2.05, 4.69) is 45.4 Å².